The van der Waals surface area contributed by atoms with Gasteiger partial charge in [0.25, 0.3) is 10.9 Å². The summed E-state index contributed by atoms with van der Waals surface area (Å²) in [7, 11) is 0. The van der Waals surface area contributed by atoms with Gasteiger partial charge in [-0.3, -0.25) is 10.1 Å². The van der Waals surface area contributed by atoms with Crippen molar-refractivity contribution in [1.29, 1.82) is 0 Å². The number of carbonyl (C=O) groups is 1. The zero-order valence-electron chi connectivity index (χ0n) is 17.1. The minimum absolute atomic E-state index is 0.0289. The van der Waals surface area contributed by atoms with Gasteiger partial charge in [0.05, 0.1) is 21.7 Å². The van der Waals surface area contributed by atoms with Crippen LogP contribution in [0.3, 0.4) is 0 Å². The molecule has 29 heavy (non-hydrogen) atoms. The summed E-state index contributed by atoms with van der Waals surface area (Å²) in [5.74, 6) is 0.442. The minimum atomic E-state index is -0.477. The highest BCUT2D eigenvalue weighted by Crippen LogP contribution is 2.30. The van der Waals surface area contributed by atoms with Crippen LogP contribution >= 0.6 is 11.3 Å². The minimum Gasteiger partial charge on any atom is -0.470 e. The molecule has 3 rings (SSSR count). The average molecular weight is 422 g/mol. The van der Waals surface area contributed by atoms with E-state index in [-0.39, 0.29) is 11.8 Å². The number of nitro groups is 1. The molecule has 0 N–H and O–H groups in total. The number of piperidine rings is 1. The highest BCUT2D eigenvalue weighted by molar-refractivity contribution is 7.20. The molecule has 0 spiro atoms. The maximum atomic E-state index is 12.3. The third kappa shape index (κ3) is 6.03. The van der Waals surface area contributed by atoms with E-state index in [1.54, 1.807) is 11.0 Å². The summed E-state index contributed by atoms with van der Waals surface area (Å²) in [4.78, 5) is 28.8. The predicted molar refractivity (Wildman–Crippen MR) is 112 cm³/mol. The number of thiazole rings is 1. The lowest BCUT2D eigenvalue weighted by atomic mass is 9.94. The van der Waals surface area contributed by atoms with Crippen molar-refractivity contribution >= 4 is 33.3 Å². The first kappa shape index (κ1) is 21.3. The second-order valence-electron chi connectivity index (χ2n) is 8.31. The van der Waals surface area contributed by atoms with E-state index in [1.807, 2.05) is 20.8 Å². The first-order valence-corrected chi connectivity index (χ1v) is 10.7. The second kappa shape index (κ2) is 8.94. The predicted octanol–water partition coefficient (Wildman–Crippen LogP) is 5.01. The van der Waals surface area contributed by atoms with Gasteiger partial charge in [-0.1, -0.05) is 11.3 Å². The van der Waals surface area contributed by atoms with E-state index < -0.39 is 10.5 Å². The first-order valence-electron chi connectivity index (χ1n) is 9.87. The number of rotatable bonds is 6. The average Bonchev–Trinajstić information content (AvgIpc) is 3.06. The lowest BCUT2D eigenvalue weighted by Gasteiger charge is -2.34. The summed E-state index contributed by atoms with van der Waals surface area (Å²) in [5.41, 5.74) is 0.135. The van der Waals surface area contributed by atoms with Gasteiger partial charge in [0.2, 0.25) is 0 Å². The normalized spacial score (nSPS) is 17.3. The van der Waals surface area contributed by atoms with E-state index in [2.05, 4.69) is 4.98 Å². The highest BCUT2D eigenvalue weighted by atomic mass is 32.1. The van der Waals surface area contributed by atoms with Gasteiger partial charge < -0.3 is 14.4 Å². The Morgan fingerprint density at radius 1 is 1.41 bits per heavy atom. The Morgan fingerprint density at radius 2 is 2.21 bits per heavy atom. The third-order valence-corrected chi connectivity index (χ3v) is 5.66. The summed E-state index contributed by atoms with van der Waals surface area (Å²) in [6, 6.07) is 4.64. The molecule has 8 nitrogen and oxygen atoms in total. The Morgan fingerprint density at radius 3 is 2.93 bits per heavy atom. The first-order chi connectivity index (χ1) is 13.7. The van der Waals surface area contributed by atoms with Gasteiger partial charge in [-0.05, 0) is 58.4 Å². The molecule has 1 aliphatic rings. The monoisotopic (exact) mass is 421 g/mol. The van der Waals surface area contributed by atoms with Crippen LogP contribution in [0.1, 0.15) is 46.5 Å². The quantitative estimate of drug-likeness (QED) is 0.370. The number of hydrogen-bond acceptors (Lipinski definition) is 7. The number of fused-ring (bicyclic) bond motifs is 1. The van der Waals surface area contributed by atoms with Gasteiger partial charge in [0.15, 0.2) is 0 Å². The van der Waals surface area contributed by atoms with Crippen LogP contribution in [0.4, 0.5) is 10.5 Å². The van der Waals surface area contributed by atoms with E-state index >= 15 is 0 Å². The van der Waals surface area contributed by atoms with Crippen molar-refractivity contribution < 1.29 is 19.2 Å². The van der Waals surface area contributed by atoms with Crippen molar-refractivity contribution in [3.05, 3.63) is 28.3 Å². The van der Waals surface area contributed by atoms with Crippen molar-refractivity contribution in [2.24, 2.45) is 5.92 Å². The Balaban J connectivity index is 1.45. The van der Waals surface area contributed by atoms with Gasteiger partial charge in [0, 0.05) is 25.2 Å². The zero-order chi connectivity index (χ0) is 21.0. The van der Waals surface area contributed by atoms with Crippen molar-refractivity contribution in [2.45, 2.75) is 52.1 Å². The molecule has 1 aliphatic heterocycles. The molecule has 1 saturated heterocycles. The topological polar surface area (TPSA) is 94.8 Å². The standard InChI is InChI=1S/C20H27N3O5S/c1-20(2,3)28-19(24)22-10-4-6-14(13-22)7-5-11-27-18-21-16-12-15(23(25)26)8-9-17(16)29-18/h8-9,12,14H,4-7,10-11,13H2,1-3H3. The van der Waals surface area contributed by atoms with E-state index in [0.717, 1.165) is 43.5 Å². The molecule has 2 aromatic rings. The van der Waals surface area contributed by atoms with Gasteiger partial charge >= 0.3 is 6.09 Å². The lowest BCUT2D eigenvalue weighted by molar-refractivity contribution is -0.384. The van der Waals surface area contributed by atoms with Crippen LogP contribution in [-0.4, -0.2) is 46.2 Å². The summed E-state index contributed by atoms with van der Waals surface area (Å²) < 4.78 is 12.1. The van der Waals surface area contributed by atoms with Crippen LogP contribution in [0, 0.1) is 16.0 Å². The van der Waals surface area contributed by atoms with Crippen molar-refractivity contribution in [3.63, 3.8) is 0 Å². The fourth-order valence-corrected chi connectivity index (χ4v) is 4.21. The number of nitrogens with zero attached hydrogens (tertiary/aromatic N) is 3. The molecular formula is C20H27N3O5S. The molecule has 158 valence electrons. The molecule has 1 aromatic heterocycles. The molecule has 0 radical (unpaired) electrons. The number of non-ortho nitro benzene ring substituents is 1. The van der Waals surface area contributed by atoms with Gasteiger partial charge in [-0.2, -0.15) is 0 Å². The fraction of sp³-hybridized carbons (Fsp3) is 0.600. The Hall–Kier alpha value is -2.42. The fourth-order valence-electron chi connectivity index (χ4n) is 3.39. The number of amides is 1. The Labute approximate surface area is 174 Å². The number of likely N-dealkylation sites (tertiary alicyclic amines) is 1. The Bertz CT molecular complexity index is 877. The molecule has 2 heterocycles. The molecule has 1 fully saturated rings. The highest BCUT2D eigenvalue weighted by Gasteiger charge is 2.27. The maximum absolute atomic E-state index is 12.3. The molecule has 0 bridgehead atoms. The van der Waals surface area contributed by atoms with Gasteiger partial charge in [0.1, 0.15) is 5.60 Å². The molecule has 9 heteroatoms. The van der Waals surface area contributed by atoms with E-state index in [1.165, 1.54) is 23.5 Å². The second-order valence-corrected chi connectivity index (χ2v) is 9.31. The van der Waals surface area contributed by atoms with Crippen LogP contribution in [-0.2, 0) is 4.74 Å². The van der Waals surface area contributed by atoms with E-state index in [9.17, 15) is 14.9 Å². The molecule has 0 aliphatic carbocycles. The summed E-state index contributed by atoms with van der Waals surface area (Å²) >= 11 is 1.39. The van der Waals surface area contributed by atoms with Crippen LogP contribution in [0.25, 0.3) is 10.2 Å². The molecular weight excluding hydrogens is 394 g/mol. The Kier molecular flexibility index (Phi) is 6.56. The van der Waals surface area contributed by atoms with Crippen molar-refractivity contribution in [3.8, 4) is 5.19 Å². The van der Waals surface area contributed by atoms with Gasteiger partial charge in [-0.25, -0.2) is 9.78 Å². The zero-order valence-corrected chi connectivity index (χ0v) is 17.9. The lowest BCUT2D eigenvalue weighted by Crippen LogP contribution is -2.42. The van der Waals surface area contributed by atoms with E-state index in [0.29, 0.717) is 23.2 Å². The molecule has 0 saturated carbocycles. The summed E-state index contributed by atoms with van der Waals surface area (Å²) in [6.45, 7) is 7.64. The van der Waals surface area contributed by atoms with Crippen LogP contribution in [0.15, 0.2) is 18.2 Å². The van der Waals surface area contributed by atoms with Crippen LogP contribution < -0.4 is 4.74 Å². The van der Waals surface area contributed by atoms with Crippen LogP contribution in [0.2, 0.25) is 0 Å². The number of aromatic nitrogens is 1. The molecule has 1 atom stereocenters. The molecule has 1 aromatic carbocycles. The van der Waals surface area contributed by atoms with Crippen molar-refractivity contribution in [1.82, 2.24) is 9.88 Å². The van der Waals surface area contributed by atoms with E-state index in [4.69, 9.17) is 9.47 Å². The smallest absolute Gasteiger partial charge is 0.410 e. The number of ether oxygens (including phenoxy) is 2. The number of carbonyl (C=O) groups excluding carboxylic acids is 1. The molecule has 1 amide bonds. The largest absolute Gasteiger partial charge is 0.470 e. The van der Waals surface area contributed by atoms with Gasteiger partial charge in [-0.15, -0.1) is 0 Å². The third-order valence-electron chi connectivity index (χ3n) is 4.72. The maximum Gasteiger partial charge on any atom is 0.410 e. The summed E-state index contributed by atoms with van der Waals surface area (Å²) in [6.07, 6.45) is 3.69. The SMILES string of the molecule is CC(C)(C)OC(=O)N1CCCC(CCCOc2nc3cc([N+](=O)[O-])ccc3s2)C1. The number of benzene rings is 1. The van der Waals surface area contributed by atoms with Crippen LogP contribution in [0.5, 0.6) is 5.19 Å². The molecule has 1 unspecified atom stereocenters. The number of nitro benzene ring substituents is 1. The summed E-state index contributed by atoms with van der Waals surface area (Å²) in [5, 5.41) is 11.4. The van der Waals surface area contributed by atoms with Crippen molar-refractivity contribution in [2.75, 3.05) is 19.7 Å². The number of hydrogen-bond donors (Lipinski definition) is 0.